The van der Waals surface area contributed by atoms with E-state index >= 15 is 0 Å². The van der Waals surface area contributed by atoms with Gasteiger partial charge in [0.15, 0.2) is 5.96 Å². The van der Waals surface area contributed by atoms with Gasteiger partial charge in [-0.25, -0.2) is 4.39 Å². The number of rotatable bonds is 3. The molecule has 82 valence electrons. The lowest BCUT2D eigenvalue weighted by atomic mass is 10.2. The molecule has 0 bridgehead atoms. The van der Waals surface area contributed by atoms with Crippen LogP contribution in [0.15, 0.2) is 29.3 Å². The van der Waals surface area contributed by atoms with E-state index in [9.17, 15) is 4.39 Å². The Morgan fingerprint density at radius 3 is 2.53 bits per heavy atom. The second-order valence-corrected chi connectivity index (χ2v) is 3.75. The summed E-state index contributed by atoms with van der Waals surface area (Å²) in [5, 5.41) is 2.89. The van der Waals surface area contributed by atoms with Crippen molar-refractivity contribution in [1.29, 1.82) is 0 Å². The van der Waals surface area contributed by atoms with Crippen molar-refractivity contribution in [3.8, 4) is 0 Å². The molecule has 0 amide bonds. The molecule has 1 rings (SSSR count). The van der Waals surface area contributed by atoms with Crippen LogP contribution in [0, 0.1) is 11.7 Å². The fourth-order valence-electron chi connectivity index (χ4n) is 1.00. The molecule has 0 aromatic heterocycles. The van der Waals surface area contributed by atoms with Crippen LogP contribution in [0.5, 0.6) is 0 Å². The van der Waals surface area contributed by atoms with Gasteiger partial charge in [0.2, 0.25) is 0 Å². The minimum Gasteiger partial charge on any atom is -0.370 e. The van der Waals surface area contributed by atoms with Crippen molar-refractivity contribution >= 4 is 11.6 Å². The van der Waals surface area contributed by atoms with Gasteiger partial charge < -0.3 is 11.1 Å². The van der Waals surface area contributed by atoms with Crippen LogP contribution in [0.1, 0.15) is 13.8 Å². The van der Waals surface area contributed by atoms with Crippen LogP contribution in [-0.2, 0) is 0 Å². The lowest BCUT2D eigenvalue weighted by molar-refractivity contribution is 0.628. The Labute approximate surface area is 89.2 Å². The molecule has 0 fully saturated rings. The maximum absolute atomic E-state index is 12.6. The minimum absolute atomic E-state index is 0.266. The Kier molecular flexibility index (Phi) is 4.09. The predicted octanol–water partition coefficient (Wildman–Crippen LogP) is 2.21. The van der Waals surface area contributed by atoms with Crippen molar-refractivity contribution < 1.29 is 4.39 Å². The fraction of sp³-hybridized carbons (Fsp3) is 0.364. The van der Waals surface area contributed by atoms with Crippen LogP contribution in [0.25, 0.3) is 0 Å². The Bertz CT molecular complexity index is 330. The normalized spacial score (nSPS) is 11.9. The monoisotopic (exact) mass is 209 g/mol. The van der Waals surface area contributed by atoms with Gasteiger partial charge in [-0.1, -0.05) is 13.8 Å². The number of guanidine groups is 1. The number of aliphatic imine (C=N–C) groups is 1. The minimum atomic E-state index is -0.266. The summed E-state index contributed by atoms with van der Waals surface area (Å²) in [6, 6.07) is 5.98. The lowest BCUT2D eigenvalue weighted by Crippen LogP contribution is -2.23. The van der Waals surface area contributed by atoms with Crippen molar-refractivity contribution in [1.82, 2.24) is 0 Å². The van der Waals surface area contributed by atoms with Gasteiger partial charge in [0.1, 0.15) is 5.82 Å². The van der Waals surface area contributed by atoms with Gasteiger partial charge in [-0.3, -0.25) is 4.99 Å². The topological polar surface area (TPSA) is 50.4 Å². The first kappa shape index (κ1) is 11.5. The predicted molar refractivity (Wildman–Crippen MR) is 61.4 cm³/mol. The summed E-state index contributed by atoms with van der Waals surface area (Å²) in [6.07, 6.45) is 0. The van der Waals surface area contributed by atoms with E-state index in [1.807, 2.05) is 0 Å². The zero-order chi connectivity index (χ0) is 11.3. The summed E-state index contributed by atoms with van der Waals surface area (Å²) in [4.78, 5) is 4.13. The number of halogens is 1. The van der Waals surface area contributed by atoms with Crippen molar-refractivity contribution in [3.63, 3.8) is 0 Å². The molecule has 0 radical (unpaired) electrons. The maximum Gasteiger partial charge on any atom is 0.193 e. The number of benzene rings is 1. The average Bonchev–Trinajstić information content (AvgIpc) is 2.19. The number of nitrogens with zero attached hydrogens (tertiary/aromatic N) is 1. The average molecular weight is 209 g/mol. The van der Waals surface area contributed by atoms with E-state index in [-0.39, 0.29) is 5.82 Å². The molecule has 1 aromatic carbocycles. The third-order valence-corrected chi connectivity index (χ3v) is 1.74. The molecule has 0 heterocycles. The Morgan fingerprint density at radius 2 is 2.00 bits per heavy atom. The number of hydrogen-bond acceptors (Lipinski definition) is 1. The number of nitrogens with one attached hydrogen (secondary N) is 1. The van der Waals surface area contributed by atoms with E-state index in [1.54, 1.807) is 12.1 Å². The van der Waals surface area contributed by atoms with Crippen LogP contribution in [-0.4, -0.2) is 12.5 Å². The second-order valence-electron chi connectivity index (χ2n) is 3.75. The zero-order valence-electron chi connectivity index (χ0n) is 9.00. The third kappa shape index (κ3) is 4.44. The molecule has 0 saturated carbocycles. The molecular formula is C11H16FN3. The molecule has 15 heavy (non-hydrogen) atoms. The van der Waals surface area contributed by atoms with Gasteiger partial charge in [-0.05, 0) is 30.2 Å². The first-order chi connectivity index (χ1) is 7.08. The molecular weight excluding hydrogens is 193 g/mol. The Balaban J connectivity index is 2.54. The SMILES string of the molecule is CC(C)CN=C(N)Nc1ccc(F)cc1. The summed E-state index contributed by atoms with van der Waals surface area (Å²) in [5.41, 5.74) is 6.37. The van der Waals surface area contributed by atoms with Gasteiger partial charge in [0.05, 0.1) is 0 Å². The van der Waals surface area contributed by atoms with Crippen molar-refractivity contribution in [2.75, 3.05) is 11.9 Å². The highest BCUT2D eigenvalue weighted by Gasteiger charge is 1.96. The molecule has 4 heteroatoms. The van der Waals surface area contributed by atoms with E-state index in [0.29, 0.717) is 18.4 Å². The smallest absolute Gasteiger partial charge is 0.193 e. The molecule has 0 spiro atoms. The van der Waals surface area contributed by atoms with Crippen LogP contribution >= 0.6 is 0 Å². The quantitative estimate of drug-likeness (QED) is 0.592. The molecule has 0 saturated heterocycles. The number of nitrogens with two attached hydrogens (primary N) is 1. The van der Waals surface area contributed by atoms with Gasteiger partial charge in [-0.2, -0.15) is 0 Å². The molecule has 3 N–H and O–H groups in total. The largest absolute Gasteiger partial charge is 0.370 e. The summed E-state index contributed by atoms with van der Waals surface area (Å²) in [5.74, 6) is 0.562. The summed E-state index contributed by atoms with van der Waals surface area (Å²) >= 11 is 0. The molecule has 0 unspecified atom stereocenters. The standard InChI is InChI=1S/C11H16FN3/c1-8(2)7-14-11(13)15-10-5-3-9(12)4-6-10/h3-6,8H,7H2,1-2H3,(H3,13,14,15). The van der Waals surface area contributed by atoms with E-state index < -0.39 is 0 Å². The first-order valence-corrected chi connectivity index (χ1v) is 4.90. The highest BCUT2D eigenvalue weighted by Crippen LogP contribution is 2.07. The lowest BCUT2D eigenvalue weighted by Gasteiger charge is -2.06. The van der Waals surface area contributed by atoms with E-state index in [1.165, 1.54) is 12.1 Å². The highest BCUT2D eigenvalue weighted by atomic mass is 19.1. The zero-order valence-corrected chi connectivity index (χ0v) is 9.00. The van der Waals surface area contributed by atoms with Crippen molar-refractivity contribution in [2.45, 2.75) is 13.8 Å². The molecule has 0 aliphatic heterocycles. The van der Waals surface area contributed by atoms with Gasteiger partial charge in [0.25, 0.3) is 0 Å². The summed E-state index contributed by atoms with van der Waals surface area (Å²) < 4.78 is 12.6. The van der Waals surface area contributed by atoms with Crippen LogP contribution in [0.4, 0.5) is 10.1 Å². The van der Waals surface area contributed by atoms with Crippen molar-refractivity contribution in [3.05, 3.63) is 30.1 Å². The molecule has 0 aliphatic rings. The van der Waals surface area contributed by atoms with Crippen LogP contribution in [0.3, 0.4) is 0 Å². The molecule has 0 aliphatic carbocycles. The van der Waals surface area contributed by atoms with Gasteiger partial charge >= 0.3 is 0 Å². The second kappa shape index (κ2) is 5.34. The number of hydrogen-bond donors (Lipinski definition) is 2. The molecule has 0 atom stereocenters. The van der Waals surface area contributed by atoms with E-state index in [4.69, 9.17) is 5.73 Å². The summed E-state index contributed by atoms with van der Waals surface area (Å²) in [6.45, 7) is 4.81. The number of anilines is 1. The van der Waals surface area contributed by atoms with E-state index in [0.717, 1.165) is 5.69 Å². The molecule has 1 aromatic rings. The van der Waals surface area contributed by atoms with Crippen molar-refractivity contribution in [2.24, 2.45) is 16.6 Å². The van der Waals surface area contributed by atoms with Crippen LogP contribution < -0.4 is 11.1 Å². The maximum atomic E-state index is 12.6. The van der Waals surface area contributed by atoms with Gasteiger partial charge in [-0.15, -0.1) is 0 Å². The first-order valence-electron chi connectivity index (χ1n) is 4.90. The fourth-order valence-corrected chi connectivity index (χ4v) is 1.00. The Hall–Kier alpha value is -1.58. The summed E-state index contributed by atoms with van der Waals surface area (Å²) in [7, 11) is 0. The highest BCUT2D eigenvalue weighted by molar-refractivity contribution is 5.92. The van der Waals surface area contributed by atoms with E-state index in [2.05, 4.69) is 24.2 Å². The van der Waals surface area contributed by atoms with Gasteiger partial charge in [0, 0.05) is 12.2 Å². The Morgan fingerprint density at radius 1 is 1.40 bits per heavy atom. The molecule has 3 nitrogen and oxygen atoms in total. The third-order valence-electron chi connectivity index (χ3n) is 1.74. The van der Waals surface area contributed by atoms with Crippen LogP contribution in [0.2, 0.25) is 0 Å².